The first-order chi connectivity index (χ1) is 13.9. The molecule has 0 aliphatic heterocycles. The summed E-state index contributed by atoms with van der Waals surface area (Å²) in [6.07, 6.45) is 5.68. The maximum Gasteiger partial charge on any atom is 0.294 e. The summed E-state index contributed by atoms with van der Waals surface area (Å²) < 4.78 is 3.38. The lowest BCUT2D eigenvalue weighted by Crippen LogP contribution is -2.31. The molecular formula is C21H24ClN5O2. The van der Waals surface area contributed by atoms with Crippen molar-refractivity contribution in [1.82, 2.24) is 24.2 Å². The second-order valence-corrected chi connectivity index (χ2v) is 8.18. The minimum atomic E-state index is -0.289. The molecule has 4 rings (SSSR count). The predicted molar refractivity (Wildman–Crippen MR) is 114 cm³/mol. The van der Waals surface area contributed by atoms with Crippen molar-refractivity contribution in [2.24, 2.45) is 5.92 Å². The monoisotopic (exact) mass is 413 g/mol. The maximum atomic E-state index is 13.2. The first-order valence-corrected chi connectivity index (χ1v) is 10.1. The average molecular weight is 414 g/mol. The van der Waals surface area contributed by atoms with E-state index < -0.39 is 0 Å². The van der Waals surface area contributed by atoms with Crippen molar-refractivity contribution in [3.05, 3.63) is 57.7 Å². The van der Waals surface area contributed by atoms with E-state index in [-0.39, 0.29) is 22.8 Å². The Balaban J connectivity index is 1.76. The van der Waals surface area contributed by atoms with Gasteiger partial charge in [-0.1, -0.05) is 29.8 Å². The molecule has 0 unspecified atom stereocenters. The van der Waals surface area contributed by atoms with Crippen LogP contribution in [-0.4, -0.2) is 51.9 Å². The lowest BCUT2D eigenvalue weighted by atomic mass is 10.1. The van der Waals surface area contributed by atoms with Gasteiger partial charge in [0.15, 0.2) is 0 Å². The van der Waals surface area contributed by atoms with Crippen LogP contribution in [0.2, 0.25) is 5.02 Å². The second-order valence-electron chi connectivity index (χ2n) is 7.77. The number of rotatable bonds is 7. The summed E-state index contributed by atoms with van der Waals surface area (Å²) in [5.41, 5.74) is 1.80. The van der Waals surface area contributed by atoms with Gasteiger partial charge in [-0.15, -0.1) is 0 Å². The quantitative estimate of drug-likeness (QED) is 0.646. The van der Waals surface area contributed by atoms with Gasteiger partial charge in [0.25, 0.3) is 11.5 Å². The summed E-state index contributed by atoms with van der Waals surface area (Å²) in [7, 11) is 3.88. The van der Waals surface area contributed by atoms with E-state index in [1.54, 1.807) is 15.2 Å². The van der Waals surface area contributed by atoms with Crippen molar-refractivity contribution >= 4 is 23.2 Å². The Hall–Kier alpha value is -2.64. The Labute approximate surface area is 173 Å². The molecule has 2 aromatic heterocycles. The van der Waals surface area contributed by atoms with Gasteiger partial charge < -0.3 is 14.8 Å². The Kier molecular flexibility index (Phi) is 5.43. The van der Waals surface area contributed by atoms with Gasteiger partial charge in [0, 0.05) is 42.6 Å². The van der Waals surface area contributed by atoms with Gasteiger partial charge in [0.1, 0.15) is 5.69 Å². The van der Waals surface area contributed by atoms with Crippen molar-refractivity contribution < 1.29 is 4.79 Å². The Morgan fingerprint density at radius 1 is 1.28 bits per heavy atom. The number of aromatic nitrogens is 3. The molecule has 3 aromatic rings. The molecule has 1 aliphatic rings. The van der Waals surface area contributed by atoms with Crippen LogP contribution in [0.4, 0.5) is 0 Å². The van der Waals surface area contributed by atoms with E-state index in [2.05, 4.69) is 10.3 Å². The summed E-state index contributed by atoms with van der Waals surface area (Å²) in [5, 5.41) is 3.42. The van der Waals surface area contributed by atoms with Crippen LogP contribution in [0.3, 0.4) is 0 Å². The molecule has 8 heteroatoms. The van der Waals surface area contributed by atoms with E-state index >= 15 is 0 Å². The largest absolute Gasteiger partial charge is 0.349 e. The zero-order valence-electron chi connectivity index (χ0n) is 16.6. The Morgan fingerprint density at radius 2 is 2.03 bits per heavy atom. The smallest absolute Gasteiger partial charge is 0.294 e. The number of hydrogen-bond donors (Lipinski definition) is 1. The van der Waals surface area contributed by atoms with Gasteiger partial charge in [-0.25, -0.2) is 4.98 Å². The number of nitrogens with one attached hydrogen (secondary N) is 1. The lowest BCUT2D eigenvalue weighted by Gasteiger charge is -2.14. The molecule has 1 aromatic carbocycles. The van der Waals surface area contributed by atoms with Gasteiger partial charge in [0.05, 0.1) is 5.69 Å². The van der Waals surface area contributed by atoms with Gasteiger partial charge in [-0.3, -0.25) is 14.0 Å². The summed E-state index contributed by atoms with van der Waals surface area (Å²) in [6.45, 7) is 1.87. The predicted octanol–water partition coefficient (Wildman–Crippen LogP) is 2.52. The summed E-state index contributed by atoms with van der Waals surface area (Å²) >= 11 is 6.42. The van der Waals surface area contributed by atoms with E-state index in [0.717, 1.165) is 30.6 Å². The maximum absolute atomic E-state index is 13.2. The van der Waals surface area contributed by atoms with E-state index in [4.69, 9.17) is 11.6 Å². The number of carbonyl (C=O) groups excluding carboxylic acids is 1. The lowest BCUT2D eigenvalue weighted by molar-refractivity contribution is 0.0946. The highest BCUT2D eigenvalue weighted by Crippen LogP contribution is 2.33. The number of benzene rings is 1. The third-order valence-corrected chi connectivity index (χ3v) is 5.42. The van der Waals surface area contributed by atoms with Crippen LogP contribution in [-0.2, 0) is 6.54 Å². The number of imidazole rings is 1. The van der Waals surface area contributed by atoms with E-state index in [1.807, 2.05) is 49.5 Å². The third-order valence-electron chi connectivity index (χ3n) is 5.09. The summed E-state index contributed by atoms with van der Waals surface area (Å²) in [5.74, 6) is 0.211. The van der Waals surface area contributed by atoms with Crippen molar-refractivity contribution in [1.29, 1.82) is 0 Å². The zero-order valence-corrected chi connectivity index (χ0v) is 17.3. The number of carbonyl (C=O) groups is 1. The molecule has 0 atom stereocenters. The highest BCUT2D eigenvalue weighted by Gasteiger charge is 2.25. The number of amides is 1. The van der Waals surface area contributed by atoms with Crippen molar-refractivity contribution in [2.75, 3.05) is 27.2 Å². The number of halogens is 1. The van der Waals surface area contributed by atoms with Crippen molar-refractivity contribution in [3.63, 3.8) is 0 Å². The van der Waals surface area contributed by atoms with E-state index in [1.165, 1.54) is 0 Å². The Morgan fingerprint density at radius 3 is 2.72 bits per heavy atom. The molecule has 1 aliphatic carbocycles. The van der Waals surface area contributed by atoms with Crippen molar-refractivity contribution in [2.45, 2.75) is 19.4 Å². The van der Waals surface area contributed by atoms with Crippen LogP contribution in [0.1, 0.15) is 23.3 Å². The van der Waals surface area contributed by atoms with Crippen LogP contribution in [0.15, 0.2) is 41.5 Å². The molecule has 0 saturated heterocycles. The molecule has 7 nitrogen and oxygen atoms in total. The normalized spacial score (nSPS) is 13.9. The SMILES string of the molecule is CN(C)CCNC(=O)c1cn2cc(-c3ccccc3Cl)n(CC3CC3)c(=O)c2n1. The summed E-state index contributed by atoms with van der Waals surface area (Å²) in [4.78, 5) is 32.0. The zero-order chi connectivity index (χ0) is 20.5. The highest BCUT2D eigenvalue weighted by atomic mass is 35.5. The highest BCUT2D eigenvalue weighted by molar-refractivity contribution is 6.33. The van der Waals surface area contributed by atoms with Gasteiger partial charge in [0.2, 0.25) is 5.65 Å². The van der Waals surface area contributed by atoms with Crippen LogP contribution in [0.25, 0.3) is 16.9 Å². The van der Waals surface area contributed by atoms with E-state index in [0.29, 0.717) is 24.0 Å². The fourth-order valence-corrected chi connectivity index (χ4v) is 3.53. The van der Waals surface area contributed by atoms with Crippen LogP contribution in [0.5, 0.6) is 0 Å². The molecule has 0 bridgehead atoms. The number of hydrogen-bond acceptors (Lipinski definition) is 4. The van der Waals surface area contributed by atoms with Gasteiger partial charge in [-0.2, -0.15) is 0 Å². The topological polar surface area (TPSA) is 71.6 Å². The molecule has 1 fully saturated rings. The summed E-state index contributed by atoms with van der Waals surface area (Å²) in [6, 6.07) is 7.47. The third kappa shape index (κ3) is 4.21. The number of likely N-dealkylation sites (N-methyl/N-ethyl adjacent to an activating group) is 1. The molecular weight excluding hydrogens is 390 g/mol. The van der Waals surface area contributed by atoms with Crippen LogP contribution < -0.4 is 10.9 Å². The number of nitrogens with zero attached hydrogens (tertiary/aromatic N) is 4. The number of fused-ring (bicyclic) bond motifs is 1. The van der Waals surface area contributed by atoms with Crippen molar-refractivity contribution in [3.8, 4) is 11.3 Å². The molecule has 1 amide bonds. The van der Waals surface area contributed by atoms with Gasteiger partial charge >= 0.3 is 0 Å². The standard InChI is InChI=1S/C21H24ClN5O2/c1-25(2)10-9-23-20(28)17-12-26-13-18(15-5-3-4-6-16(15)22)27(11-14-7-8-14)21(29)19(26)24-17/h3-6,12-14H,7-11H2,1-2H3,(H,23,28). The first kappa shape index (κ1) is 19.7. The molecule has 152 valence electrons. The molecule has 0 spiro atoms. The second kappa shape index (κ2) is 8.00. The molecule has 0 radical (unpaired) electrons. The molecule has 1 N–H and O–H groups in total. The molecule has 1 saturated carbocycles. The first-order valence-electron chi connectivity index (χ1n) is 9.74. The fraction of sp³-hybridized carbons (Fsp3) is 0.381. The molecule has 2 heterocycles. The van der Waals surface area contributed by atoms with Crippen LogP contribution in [0, 0.1) is 5.92 Å². The fourth-order valence-electron chi connectivity index (χ4n) is 3.30. The van der Waals surface area contributed by atoms with Crippen LogP contribution >= 0.6 is 11.6 Å². The molecule has 29 heavy (non-hydrogen) atoms. The van der Waals surface area contributed by atoms with E-state index in [9.17, 15) is 9.59 Å². The van der Waals surface area contributed by atoms with Gasteiger partial charge in [-0.05, 0) is 38.9 Å². The average Bonchev–Trinajstić information content (AvgIpc) is 3.40. The Bertz CT molecular complexity index is 1110. The minimum Gasteiger partial charge on any atom is -0.349 e. The minimum absolute atomic E-state index is 0.207.